The molecule has 190 valence electrons. The zero-order valence-corrected chi connectivity index (χ0v) is 24.1. The molecular weight excluding hydrogens is 463 g/mol. The molecular formula is C32H39O3P. The first-order valence-corrected chi connectivity index (χ1v) is 14.2. The summed E-state index contributed by atoms with van der Waals surface area (Å²) in [5.74, 6) is -0.0144. The summed E-state index contributed by atoms with van der Waals surface area (Å²) >= 11 is 0. The minimum absolute atomic E-state index is 0.0536. The van der Waals surface area contributed by atoms with Crippen LogP contribution in [0.5, 0.6) is 0 Å². The van der Waals surface area contributed by atoms with E-state index in [2.05, 4.69) is 27.7 Å². The average molecular weight is 503 g/mol. The lowest BCUT2D eigenvalue weighted by Crippen LogP contribution is -2.25. The molecule has 3 rings (SSSR count). The van der Waals surface area contributed by atoms with Crippen molar-refractivity contribution in [3.63, 3.8) is 0 Å². The van der Waals surface area contributed by atoms with Gasteiger partial charge in [0.2, 0.25) is 5.52 Å². The summed E-state index contributed by atoms with van der Waals surface area (Å²) in [4.78, 5) is 27.8. The minimum Gasteiger partial charge on any atom is -0.313 e. The third kappa shape index (κ3) is 5.32. The molecule has 0 N–H and O–H groups in total. The van der Waals surface area contributed by atoms with Gasteiger partial charge in [-0.25, -0.2) is 0 Å². The van der Waals surface area contributed by atoms with Crippen LogP contribution in [0.2, 0.25) is 0 Å². The fraction of sp³-hybridized carbons (Fsp3) is 0.375. The second-order valence-electron chi connectivity index (χ2n) is 10.8. The van der Waals surface area contributed by atoms with Crippen molar-refractivity contribution in [2.75, 3.05) is 0 Å². The Kier molecular flexibility index (Phi) is 8.57. The van der Waals surface area contributed by atoms with Crippen molar-refractivity contribution in [1.82, 2.24) is 0 Å². The zero-order chi connectivity index (χ0) is 26.9. The Labute approximate surface area is 217 Å². The third-order valence-corrected chi connectivity index (χ3v) is 8.52. The van der Waals surface area contributed by atoms with E-state index in [0.717, 1.165) is 33.4 Å². The second-order valence-corrected chi connectivity index (χ2v) is 12.4. The standard InChI is InChI=1S/C32H39O3P/c1-18(2)25-17-26(19(3)4)31(36(35)32(34)28-22(8)15-21(7)16-23(28)9)27(20(5)6)29(25)30(33)24-13-11-10-12-14-24/h10-20,36H,1-9H3. The monoisotopic (exact) mass is 502 g/mol. The van der Waals surface area contributed by atoms with Crippen LogP contribution >= 0.6 is 7.80 Å². The average Bonchev–Trinajstić information content (AvgIpc) is 2.81. The summed E-state index contributed by atoms with van der Waals surface area (Å²) in [6.07, 6.45) is 0. The number of aryl methyl sites for hydroxylation is 3. The maximum atomic E-state index is 14.3. The van der Waals surface area contributed by atoms with Gasteiger partial charge in [-0.15, -0.1) is 0 Å². The van der Waals surface area contributed by atoms with E-state index in [4.69, 9.17) is 0 Å². The molecule has 0 aliphatic carbocycles. The molecule has 0 saturated heterocycles. The number of carbonyl (C=O) groups excluding carboxylic acids is 2. The summed E-state index contributed by atoms with van der Waals surface area (Å²) < 4.78 is 14.3. The fourth-order valence-corrected chi connectivity index (χ4v) is 7.37. The van der Waals surface area contributed by atoms with E-state index >= 15 is 0 Å². The van der Waals surface area contributed by atoms with Gasteiger partial charge in [0.05, 0.1) is 0 Å². The molecule has 0 bridgehead atoms. The minimum atomic E-state index is -2.92. The number of hydrogen-bond donors (Lipinski definition) is 0. The molecule has 0 spiro atoms. The quantitative estimate of drug-likeness (QED) is 0.230. The van der Waals surface area contributed by atoms with Gasteiger partial charge in [0.1, 0.15) is 0 Å². The van der Waals surface area contributed by atoms with Gasteiger partial charge in [-0.3, -0.25) is 9.59 Å². The second kappa shape index (κ2) is 11.1. The van der Waals surface area contributed by atoms with Crippen LogP contribution in [0.25, 0.3) is 0 Å². The van der Waals surface area contributed by atoms with E-state index in [0.29, 0.717) is 22.0 Å². The molecule has 1 atom stereocenters. The van der Waals surface area contributed by atoms with E-state index in [9.17, 15) is 14.2 Å². The van der Waals surface area contributed by atoms with Crippen molar-refractivity contribution < 1.29 is 14.2 Å². The maximum Gasteiger partial charge on any atom is 0.223 e. The lowest BCUT2D eigenvalue weighted by atomic mass is 9.81. The first-order chi connectivity index (χ1) is 16.9. The van der Waals surface area contributed by atoms with Crippen LogP contribution < -0.4 is 5.30 Å². The molecule has 0 aliphatic rings. The largest absolute Gasteiger partial charge is 0.313 e. The molecule has 3 nitrogen and oxygen atoms in total. The molecule has 0 saturated carbocycles. The number of hydrogen-bond acceptors (Lipinski definition) is 3. The number of benzene rings is 3. The summed E-state index contributed by atoms with van der Waals surface area (Å²) in [6, 6.07) is 15.2. The Balaban J connectivity index is 2.40. The SMILES string of the molecule is Cc1cc(C)c(C(=O)[PH](=O)c2c(C(C)C)cc(C(C)C)c(C(=O)c3ccccc3)c2C(C)C)c(C)c1. The predicted octanol–water partition coefficient (Wildman–Crippen LogP) is 8.24. The van der Waals surface area contributed by atoms with E-state index in [1.54, 1.807) is 0 Å². The number of ketones is 1. The van der Waals surface area contributed by atoms with Gasteiger partial charge >= 0.3 is 0 Å². The summed E-state index contributed by atoms with van der Waals surface area (Å²) in [5, 5.41) is 0.582. The van der Waals surface area contributed by atoms with Gasteiger partial charge in [0.15, 0.2) is 13.6 Å². The Morgan fingerprint density at radius 2 is 1.22 bits per heavy atom. The van der Waals surface area contributed by atoms with Gasteiger partial charge in [0, 0.05) is 22.0 Å². The molecule has 4 heteroatoms. The molecule has 0 amide bonds. The van der Waals surface area contributed by atoms with E-state index in [1.165, 1.54) is 0 Å². The van der Waals surface area contributed by atoms with Gasteiger partial charge in [0.25, 0.3) is 0 Å². The van der Waals surface area contributed by atoms with Gasteiger partial charge in [-0.2, -0.15) is 0 Å². The number of rotatable bonds is 8. The van der Waals surface area contributed by atoms with Crippen LogP contribution in [0, 0.1) is 20.8 Å². The highest BCUT2D eigenvalue weighted by molar-refractivity contribution is 7.71. The van der Waals surface area contributed by atoms with Crippen molar-refractivity contribution in [3.05, 3.63) is 98.6 Å². The van der Waals surface area contributed by atoms with Crippen molar-refractivity contribution in [3.8, 4) is 0 Å². The van der Waals surface area contributed by atoms with Gasteiger partial charge < -0.3 is 4.57 Å². The van der Waals surface area contributed by atoms with Gasteiger partial charge in [-0.1, -0.05) is 95.6 Å². The van der Waals surface area contributed by atoms with Gasteiger partial charge in [-0.05, 0) is 66.3 Å². The molecule has 0 aromatic heterocycles. The Hall–Kier alpha value is -2.77. The highest BCUT2D eigenvalue weighted by Gasteiger charge is 2.32. The molecule has 0 radical (unpaired) electrons. The third-order valence-electron chi connectivity index (χ3n) is 6.85. The van der Waals surface area contributed by atoms with Crippen molar-refractivity contribution in [2.24, 2.45) is 0 Å². The van der Waals surface area contributed by atoms with Crippen LogP contribution in [-0.2, 0) is 4.57 Å². The van der Waals surface area contributed by atoms with Crippen molar-refractivity contribution >= 4 is 24.4 Å². The lowest BCUT2D eigenvalue weighted by Gasteiger charge is -2.27. The highest BCUT2D eigenvalue weighted by Crippen LogP contribution is 2.40. The molecule has 36 heavy (non-hydrogen) atoms. The first-order valence-electron chi connectivity index (χ1n) is 12.8. The summed E-state index contributed by atoms with van der Waals surface area (Å²) in [5.41, 5.74) is 6.79. The lowest BCUT2D eigenvalue weighted by molar-refractivity contribution is 0.103. The van der Waals surface area contributed by atoms with E-state index < -0.39 is 7.80 Å². The summed E-state index contributed by atoms with van der Waals surface area (Å²) in [7, 11) is -2.92. The molecule has 3 aromatic carbocycles. The van der Waals surface area contributed by atoms with Crippen LogP contribution in [-0.4, -0.2) is 11.3 Å². The fourth-order valence-electron chi connectivity index (χ4n) is 5.24. The van der Waals surface area contributed by atoms with Crippen molar-refractivity contribution in [1.29, 1.82) is 0 Å². The molecule has 0 fully saturated rings. The molecule has 3 aromatic rings. The van der Waals surface area contributed by atoms with Crippen LogP contribution in [0.15, 0.2) is 48.5 Å². The van der Waals surface area contributed by atoms with E-state index in [-0.39, 0.29) is 29.1 Å². The molecule has 0 aliphatic heterocycles. The molecule has 1 unspecified atom stereocenters. The normalized spacial score (nSPS) is 12.4. The first kappa shape index (κ1) is 27.8. The Morgan fingerprint density at radius 3 is 1.69 bits per heavy atom. The number of carbonyl (C=O) groups is 2. The van der Waals surface area contributed by atoms with E-state index in [1.807, 2.05) is 83.1 Å². The van der Waals surface area contributed by atoms with Crippen LogP contribution in [0.3, 0.4) is 0 Å². The zero-order valence-electron chi connectivity index (χ0n) is 23.1. The molecule has 0 heterocycles. The Morgan fingerprint density at radius 1 is 0.694 bits per heavy atom. The Bertz CT molecular complexity index is 1310. The maximum absolute atomic E-state index is 14.3. The smallest absolute Gasteiger partial charge is 0.223 e. The van der Waals surface area contributed by atoms with Crippen LogP contribution in [0.4, 0.5) is 0 Å². The van der Waals surface area contributed by atoms with Crippen LogP contribution in [0.1, 0.15) is 119 Å². The summed E-state index contributed by atoms with van der Waals surface area (Å²) in [6.45, 7) is 18.1. The predicted molar refractivity (Wildman–Crippen MR) is 152 cm³/mol. The van der Waals surface area contributed by atoms with Crippen molar-refractivity contribution in [2.45, 2.75) is 80.1 Å². The highest BCUT2D eigenvalue weighted by atomic mass is 31.1. The topological polar surface area (TPSA) is 51.2 Å².